The fraction of sp³-hybridized carbons (Fsp3) is 0.444. The lowest BCUT2D eigenvalue weighted by Gasteiger charge is -2.31. The van der Waals surface area contributed by atoms with Crippen molar-refractivity contribution in [1.29, 1.82) is 0 Å². The minimum atomic E-state index is -0.291. The van der Waals surface area contributed by atoms with Crippen LogP contribution in [0.4, 0.5) is 5.69 Å². The number of fused-ring (bicyclic) bond motifs is 1. The maximum atomic E-state index is 13.2. The molecule has 5 heterocycles. The zero-order valence-electron chi connectivity index (χ0n) is 21.9. The van der Waals surface area contributed by atoms with Crippen LogP contribution in [0.2, 0.25) is 0 Å². The Hall–Kier alpha value is -3.57. The van der Waals surface area contributed by atoms with Crippen molar-refractivity contribution < 1.29 is 9.59 Å². The highest BCUT2D eigenvalue weighted by Gasteiger charge is 2.31. The van der Waals surface area contributed by atoms with Crippen molar-refractivity contribution in [3.05, 3.63) is 53.9 Å². The number of hydrogen-bond donors (Lipinski definition) is 2. The van der Waals surface area contributed by atoms with E-state index in [1.807, 2.05) is 17.1 Å². The molecule has 4 aromatic rings. The third-order valence-electron chi connectivity index (χ3n) is 7.58. The first-order chi connectivity index (χ1) is 18.3. The largest absolute Gasteiger partial charge is 0.351 e. The van der Waals surface area contributed by atoms with Gasteiger partial charge in [-0.05, 0) is 59.1 Å². The lowest BCUT2D eigenvalue weighted by Crippen LogP contribution is -2.43. The zero-order valence-corrected chi connectivity index (χ0v) is 22.7. The summed E-state index contributed by atoms with van der Waals surface area (Å²) >= 11 is 1.50. The van der Waals surface area contributed by atoms with Gasteiger partial charge in [0.25, 0.3) is 11.8 Å². The predicted octanol–water partition coefficient (Wildman–Crippen LogP) is 4.15. The smallest absolute Gasteiger partial charge is 0.260 e. The van der Waals surface area contributed by atoms with Crippen LogP contribution in [0.15, 0.2) is 37.1 Å². The lowest BCUT2D eigenvalue weighted by molar-refractivity contribution is 0.0938. The maximum Gasteiger partial charge on any atom is 0.260 e. The Labute approximate surface area is 225 Å². The number of carbonyl (C=O) groups is 2. The number of aryl methyl sites for hydroxylation is 1. The molecular weight excluding hydrogens is 500 g/mol. The molecule has 2 N–H and O–H groups in total. The Bertz CT molecular complexity index is 1510. The predicted molar refractivity (Wildman–Crippen MR) is 147 cm³/mol. The van der Waals surface area contributed by atoms with Crippen LogP contribution < -0.4 is 10.6 Å². The molecular formula is C27H32N8O2S. The molecule has 1 aliphatic carbocycles. The van der Waals surface area contributed by atoms with Gasteiger partial charge in [0.1, 0.15) is 4.83 Å². The quantitative estimate of drug-likeness (QED) is 0.353. The molecule has 0 spiro atoms. The summed E-state index contributed by atoms with van der Waals surface area (Å²) in [6.07, 6.45) is 13.7. The van der Waals surface area contributed by atoms with E-state index in [0.717, 1.165) is 28.4 Å². The maximum absolute atomic E-state index is 13.2. The van der Waals surface area contributed by atoms with Crippen molar-refractivity contribution in [2.75, 3.05) is 25.0 Å². The topological polar surface area (TPSA) is 109 Å². The number of likely N-dealkylation sites (tertiary alicyclic amines) is 1. The summed E-state index contributed by atoms with van der Waals surface area (Å²) in [6, 6.07) is 2.20. The number of amides is 2. The average Bonchev–Trinajstić information content (AvgIpc) is 3.20. The van der Waals surface area contributed by atoms with E-state index in [0.29, 0.717) is 35.1 Å². The van der Waals surface area contributed by atoms with Crippen LogP contribution in [-0.4, -0.2) is 66.3 Å². The van der Waals surface area contributed by atoms with Gasteiger partial charge in [-0.25, -0.2) is 4.52 Å². The van der Waals surface area contributed by atoms with Gasteiger partial charge in [0.2, 0.25) is 0 Å². The van der Waals surface area contributed by atoms with E-state index in [9.17, 15) is 9.59 Å². The lowest BCUT2D eigenvalue weighted by atomic mass is 10.0. The van der Waals surface area contributed by atoms with Crippen molar-refractivity contribution in [3.8, 4) is 10.4 Å². The van der Waals surface area contributed by atoms with E-state index < -0.39 is 0 Å². The third kappa shape index (κ3) is 4.83. The van der Waals surface area contributed by atoms with Crippen LogP contribution in [0, 0.1) is 6.92 Å². The molecule has 4 aromatic heterocycles. The Morgan fingerprint density at radius 1 is 1.13 bits per heavy atom. The molecule has 38 heavy (non-hydrogen) atoms. The normalized spacial score (nSPS) is 17.2. The number of nitrogens with one attached hydrogen (secondary N) is 2. The molecule has 2 amide bonds. The molecule has 0 aromatic carbocycles. The van der Waals surface area contributed by atoms with Crippen molar-refractivity contribution in [1.82, 2.24) is 34.6 Å². The SMILES string of the molecule is Cc1ncc(C(=O)NCCN2CCCC2(C)C)cc1NC(=O)c1cnn2cc(-c3cnn(C4CC4)c3)sc12. The van der Waals surface area contributed by atoms with E-state index in [-0.39, 0.29) is 17.4 Å². The van der Waals surface area contributed by atoms with Crippen LogP contribution in [-0.2, 0) is 0 Å². The molecule has 10 nitrogen and oxygen atoms in total. The second-order valence-electron chi connectivity index (χ2n) is 10.8. The van der Waals surface area contributed by atoms with Gasteiger partial charge in [0.05, 0.1) is 45.8 Å². The van der Waals surface area contributed by atoms with Crippen LogP contribution in [0.1, 0.15) is 72.0 Å². The molecule has 0 bridgehead atoms. The Balaban J connectivity index is 1.13. The second kappa shape index (κ2) is 9.63. The van der Waals surface area contributed by atoms with Gasteiger partial charge in [-0.1, -0.05) is 0 Å². The summed E-state index contributed by atoms with van der Waals surface area (Å²) in [5, 5.41) is 14.8. The van der Waals surface area contributed by atoms with Crippen molar-refractivity contribution >= 4 is 33.7 Å². The van der Waals surface area contributed by atoms with Crippen LogP contribution in [0.3, 0.4) is 0 Å². The number of carbonyl (C=O) groups excluding carboxylic acids is 2. The standard InChI is InChI=1S/C27H32N8O2S/c1-17-22(11-18(12-29-17)24(36)28-8-10-33-9-4-7-27(33,2)3)32-25(37)21-14-31-35-16-23(38-26(21)35)19-13-30-34(15-19)20-5-6-20/h11-16,20H,4-10H2,1-3H3,(H,28,36)(H,32,37). The molecule has 1 aliphatic heterocycles. The highest BCUT2D eigenvalue weighted by molar-refractivity contribution is 7.21. The van der Waals surface area contributed by atoms with Gasteiger partial charge in [-0.15, -0.1) is 11.3 Å². The molecule has 0 atom stereocenters. The van der Waals surface area contributed by atoms with Crippen LogP contribution >= 0.6 is 11.3 Å². The van der Waals surface area contributed by atoms with Gasteiger partial charge in [-0.3, -0.25) is 24.2 Å². The number of pyridine rings is 1. The molecule has 1 saturated carbocycles. The molecule has 1 saturated heterocycles. The minimum Gasteiger partial charge on any atom is -0.351 e. The summed E-state index contributed by atoms with van der Waals surface area (Å²) in [5.74, 6) is -0.492. The molecule has 2 aliphatic rings. The second-order valence-corrected chi connectivity index (χ2v) is 11.8. The fourth-order valence-electron chi connectivity index (χ4n) is 5.04. The summed E-state index contributed by atoms with van der Waals surface area (Å²) in [5.41, 5.74) is 3.22. The summed E-state index contributed by atoms with van der Waals surface area (Å²) in [4.78, 5) is 34.6. The minimum absolute atomic E-state index is 0.175. The van der Waals surface area contributed by atoms with Crippen molar-refractivity contribution in [3.63, 3.8) is 0 Å². The Morgan fingerprint density at radius 2 is 1.97 bits per heavy atom. The highest BCUT2D eigenvalue weighted by Crippen LogP contribution is 2.37. The van der Waals surface area contributed by atoms with Gasteiger partial charge in [0.15, 0.2) is 0 Å². The highest BCUT2D eigenvalue weighted by atomic mass is 32.1. The summed E-state index contributed by atoms with van der Waals surface area (Å²) in [6.45, 7) is 8.73. The number of anilines is 1. The number of aromatic nitrogens is 5. The summed E-state index contributed by atoms with van der Waals surface area (Å²) in [7, 11) is 0. The first-order valence-electron chi connectivity index (χ1n) is 13.1. The van der Waals surface area contributed by atoms with Gasteiger partial charge in [-0.2, -0.15) is 10.2 Å². The van der Waals surface area contributed by atoms with E-state index in [4.69, 9.17) is 0 Å². The number of thiazole rings is 1. The molecule has 11 heteroatoms. The Kier molecular flexibility index (Phi) is 6.27. The first kappa shape index (κ1) is 24.7. The van der Waals surface area contributed by atoms with Crippen molar-refractivity contribution in [2.45, 2.75) is 58.0 Å². The van der Waals surface area contributed by atoms with E-state index in [1.54, 1.807) is 29.9 Å². The number of hydrogen-bond acceptors (Lipinski definition) is 7. The van der Waals surface area contributed by atoms with Gasteiger partial charge < -0.3 is 10.6 Å². The van der Waals surface area contributed by atoms with E-state index >= 15 is 0 Å². The fourth-order valence-corrected chi connectivity index (χ4v) is 6.07. The molecule has 198 valence electrons. The third-order valence-corrected chi connectivity index (χ3v) is 8.75. The van der Waals surface area contributed by atoms with Gasteiger partial charge >= 0.3 is 0 Å². The van der Waals surface area contributed by atoms with Crippen molar-refractivity contribution in [2.24, 2.45) is 0 Å². The number of nitrogens with zero attached hydrogens (tertiary/aromatic N) is 6. The Morgan fingerprint density at radius 3 is 2.74 bits per heavy atom. The van der Waals surface area contributed by atoms with Gasteiger partial charge in [0, 0.05) is 42.8 Å². The average molecular weight is 533 g/mol. The molecule has 2 fully saturated rings. The first-order valence-corrected chi connectivity index (χ1v) is 13.9. The molecule has 0 radical (unpaired) electrons. The monoisotopic (exact) mass is 532 g/mol. The number of rotatable bonds is 8. The van der Waals surface area contributed by atoms with Crippen LogP contribution in [0.5, 0.6) is 0 Å². The molecule has 0 unspecified atom stereocenters. The van der Waals surface area contributed by atoms with E-state index in [2.05, 4.69) is 50.8 Å². The zero-order chi connectivity index (χ0) is 26.4. The molecule has 6 rings (SSSR count). The van der Waals surface area contributed by atoms with E-state index in [1.165, 1.54) is 37.0 Å². The summed E-state index contributed by atoms with van der Waals surface area (Å²) < 4.78 is 3.73. The van der Waals surface area contributed by atoms with Crippen LogP contribution in [0.25, 0.3) is 15.3 Å².